The Bertz CT molecular complexity index is 1210. The van der Waals surface area contributed by atoms with Crippen molar-refractivity contribution >= 4 is 23.6 Å². The molecule has 3 rings (SSSR count). The fourth-order valence-corrected chi connectivity index (χ4v) is 3.28. The standard InChI is InChI=1S/C27H24F3NO4/c1-33-24-16-18(17-25(34-2)26(24)35-3)8-9-19-6-4-5-7-22(19)31-15-14-23(32)20-10-12-21(13-11-20)27(28,29)30/h4-17,31H,1-3H3. The Hall–Kier alpha value is -4.20. The highest BCUT2D eigenvalue weighted by molar-refractivity contribution is 6.04. The molecule has 35 heavy (non-hydrogen) atoms. The van der Waals surface area contributed by atoms with E-state index in [0.717, 1.165) is 41.1 Å². The largest absolute Gasteiger partial charge is 0.493 e. The van der Waals surface area contributed by atoms with E-state index in [1.165, 1.54) is 19.4 Å². The molecular weight excluding hydrogens is 459 g/mol. The molecule has 0 unspecified atom stereocenters. The van der Waals surface area contributed by atoms with Gasteiger partial charge in [-0.3, -0.25) is 4.79 Å². The molecule has 3 aromatic rings. The number of para-hydroxylation sites is 1. The third-order valence-electron chi connectivity index (χ3n) is 5.07. The van der Waals surface area contributed by atoms with Gasteiger partial charge in [0.2, 0.25) is 5.75 Å². The van der Waals surface area contributed by atoms with Gasteiger partial charge in [0, 0.05) is 23.5 Å². The van der Waals surface area contributed by atoms with Crippen LogP contribution in [0, 0.1) is 0 Å². The van der Waals surface area contributed by atoms with E-state index in [2.05, 4.69) is 5.32 Å². The predicted octanol–water partition coefficient (Wildman–Crippen LogP) is 6.71. The minimum absolute atomic E-state index is 0.159. The average molecular weight is 483 g/mol. The maximum atomic E-state index is 12.7. The topological polar surface area (TPSA) is 56.8 Å². The van der Waals surface area contributed by atoms with Crippen LogP contribution in [-0.2, 0) is 6.18 Å². The number of nitrogens with one attached hydrogen (secondary N) is 1. The van der Waals surface area contributed by atoms with E-state index in [-0.39, 0.29) is 5.56 Å². The molecule has 0 aliphatic rings. The van der Waals surface area contributed by atoms with Gasteiger partial charge in [0.05, 0.1) is 26.9 Å². The van der Waals surface area contributed by atoms with Crippen LogP contribution in [-0.4, -0.2) is 27.1 Å². The maximum absolute atomic E-state index is 12.7. The van der Waals surface area contributed by atoms with E-state index in [1.807, 2.05) is 48.6 Å². The number of carbonyl (C=O) groups excluding carboxylic acids is 1. The second-order valence-electron chi connectivity index (χ2n) is 7.30. The molecule has 182 valence electrons. The van der Waals surface area contributed by atoms with Crippen LogP contribution in [0.3, 0.4) is 0 Å². The number of rotatable bonds is 9. The quantitative estimate of drug-likeness (QED) is 0.208. The smallest absolute Gasteiger partial charge is 0.416 e. The average Bonchev–Trinajstić information content (AvgIpc) is 2.86. The number of ether oxygens (including phenoxy) is 3. The van der Waals surface area contributed by atoms with E-state index >= 15 is 0 Å². The number of anilines is 1. The van der Waals surface area contributed by atoms with Gasteiger partial charge < -0.3 is 19.5 Å². The van der Waals surface area contributed by atoms with Gasteiger partial charge in [-0.15, -0.1) is 0 Å². The molecule has 0 spiro atoms. The minimum atomic E-state index is -4.45. The molecule has 0 fully saturated rings. The molecule has 0 atom stereocenters. The van der Waals surface area contributed by atoms with Gasteiger partial charge in [-0.05, 0) is 41.5 Å². The molecule has 0 radical (unpaired) electrons. The van der Waals surface area contributed by atoms with Gasteiger partial charge in [0.1, 0.15) is 0 Å². The number of hydrogen-bond donors (Lipinski definition) is 1. The van der Waals surface area contributed by atoms with Crippen molar-refractivity contribution in [3.8, 4) is 17.2 Å². The lowest BCUT2D eigenvalue weighted by atomic mass is 10.1. The Balaban J connectivity index is 1.75. The Kier molecular flexibility index (Phi) is 8.20. The second kappa shape index (κ2) is 11.3. The van der Waals surface area contributed by atoms with Crippen molar-refractivity contribution in [2.45, 2.75) is 6.18 Å². The molecular formula is C27H24F3NO4. The molecule has 0 heterocycles. The molecule has 0 aliphatic heterocycles. The van der Waals surface area contributed by atoms with E-state index in [9.17, 15) is 18.0 Å². The first kappa shape index (κ1) is 25.4. The summed E-state index contributed by atoms with van der Waals surface area (Å²) in [4.78, 5) is 12.3. The third-order valence-corrected chi connectivity index (χ3v) is 5.07. The summed E-state index contributed by atoms with van der Waals surface area (Å²) >= 11 is 0. The van der Waals surface area contributed by atoms with Crippen LogP contribution in [0.15, 0.2) is 72.9 Å². The fourth-order valence-electron chi connectivity index (χ4n) is 3.28. The molecule has 1 N–H and O–H groups in total. The summed E-state index contributed by atoms with van der Waals surface area (Å²) in [5.41, 5.74) is 1.75. The molecule has 0 saturated carbocycles. The van der Waals surface area contributed by atoms with Crippen molar-refractivity contribution in [2.24, 2.45) is 0 Å². The number of halogens is 3. The minimum Gasteiger partial charge on any atom is -0.493 e. The van der Waals surface area contributed by atoms with Gasteiger partial charge in [-0.25, -0.2) is 0 Å². The summed E-state index contributed by atoms with van der Waals surface area (Å²) in [5.74, 6) is 1.14. The van der Waals surface area contributed by atoms with Crippen LogP contribution < -0.4 is 19.5 Å². The Labute approximate surface area is 201 Å². The van der Waals surface area contributed by atoms with Crippen LogP contribution >= 0.6 is 0 Å². The van der Waals surface area contributed by atoms with Crippen LogP contribution in [0.1, 0.15) is 27.0 Å². The lowest BCUT2D eigenvalue weighted by Gasteiger charge is -2.13. The molecule has 0 saturated heterocycles. The highest BCUT2D eigenvalue weighted by Crippen LogP contribution is 2.38. The Morgan fingerprint density at radius 3 is 2.06 bits per heavy atom. The summed E-state index contributed by atoms with van der Waals surface area (Å²) in [5, 5.41) is 3.05. The van der Waals surface area contributed by atoms with Gasteiger partial charge in [0.15, 0.2) is 17.3 Å². The van der Waals surface area contributed by atoms with E-state index in [0.29, 0.717) is 17.2 Å². The van der Waals surface area contributed by atoms with Crippen LogP contribution in [0.2, 0.25) is 0 Å². The molecule has 3 aromatic carbocycles. The first-order valence-corrected chi connectivity index (χ1v) is 10.5. The van der Waals surface area contributed by atoms with E-state index in [4.69, 9.17) is 14.2 Å². The Morgan fingerprint density at radius 2 is 1.49 bits per heavy atom. The first-order valence-electron chi connectivity index (χ1n) is 10.5. The third kappa shape index (κ3) is 6.44. The van der Waals surface area contributed by atoms with Gasteiger partial charge in [-0.2, -0.15) is 13.2 Å². The van der Waals surface area contributed by atoms with Gasteiger partial charge >= 0.3 is 6.18 Å². The zero-order chi connectivity index (χ0) is 25.4. The number of allylic oxidation sites excluding steroid dienone is 1. The van der Waals surface area contributed by atoms with Crippen molar-refractivity contribution in [1.29, 1.82) is 0 Å². The predicted molar refractivity (Wildman–Crippen MR) is 130 cm³/mol. The molecule has 0 aromatic heterocycles. The van der Waals surface area contributed by atoms with Crippen LogP contribution in [0.4, 0.5) is 18.9 Å². The zero-order valence-corrected chi connectivity index (χ0v) is 19.3. The highest BCUT2D eigenvalue weighted by Gasteiger charge is 2.30. The lowest BCUT2D eigenvalue weighted by molar-refractivity contribution is -0.137. The number of hydrogen-bond acceptors (Lipinski definition) is 5. The van der Waals surface area contributed by atoms with E-state index < -0.39 is 17.5 Å². The van der Waals surface area contributed by atoms with E-state index in [1.54, 1.807) is 14.2 Å². The first-order chi connectivity index (χ1) is 16.8. The molecule has 8 heteroatoms. The number of carbonyl (C=O) groups is 1. The molecule has 0 amide bonds. The Morgan fingerprint density at radius 1 is 0.857 bits per heavy atom. The van der Waals surface area contributed by atoms with Crippen molar-refractivity contribution in [2.75, 3.05) is 26.6 Å². The molecule has 0 aliphatic carbocycles. The molecule has 5 nitrogen and oxygen atoms in total. The number of ketones is 1. The SMILES string of the molecule is COc1cc(C=Cc2ccccc2NC=CC(=O)c2ccc(C(F)(F)F)cc2)cc(OC)c1OC. The summed E-state index contributed by atoms with van der Waals surface area (Å²) in [6.07, 6.45) is 2.03. The van der Waals surface area contributed by atoms with Crippen LogP contribution in [0.25, 0.3) is 12.2 Å². The fraction of sp³-hybridized carbons (Fsp3) is 0.148. The van der Waals surface area contributed by atoms with Crippen molar-refractivity contribution in [1.82, 2.24) is 0 Å². The normalized spacial score (nSPS) is 11.6. The van der Waals surface area contributed by atoms with Crippen molar-refractivity contribution in [3.05, 3.63) is 95.2 Å². The second-order valence-corrected chi connectivity index (χ2v) is 7.30. The summed E-state index contributed by atoms with van der Waals surface area (Å²) in [7, 11) is 4.62. The van der Waals surface area contributed by atoms with Gasteiger partial charge in [-0.1, -0.05) is 42.5 Å². The monoisotopic (exact) mass is 483 g/mol. The summed E-state index contributed by atoms with van der Waals surface area (Å²) in [6.45, 7) is 0. The zero-order valence-electron chi connectivity index (χ0n) is 19.3. The van der Waals surface area contributed by atoms with Crippen molar-refractivity contribution in [3.63, 3.8) is 0 Å². The van der Waals surface area contributed by atoms with Crippen molar-refractivity contribution < 1.29 is 32.2 Å². The number of methoxy groups -OCH3 is 3. The lowest BCUT2D eigenvalue weighted by Crippen LogP contribution is -2.05. The number of benzene rings is 3. The van der Waals surface area contributed by atoms with Crippen LogP contribution in [0.5, 0.6) is 17.2 Å². The van der Waals surface area contributed by atoms with Gasteiger partial charge in [0.25, 0.3) is 0 Å². The highest BCUT2D eigenvalue weighted by atomic mass is 19.4. The maximum Gasteiger partial charge on any atom is 0.416 e. The summed E-state index contributed by atoms with van der Waals surface area (Å²) < 4.78 is 54.2. The number of alkyl halides is 3. The summed E-state index contributed by atoms with van der Waals surface area (Å²) in [6, 6.07) is 15.2. The molecule has 0 bridgehead atoms.